The van der Waals surface area contributed by atoms with Crippen molar-refractivity contribution in [2.45, 2.75) is 19.4 Å². The molecule has 0 bridgehead atoms. The second-order valence-electron chi connectivity index (χ2n) is 3.38. The summed E-state index contributed by atoms with van der Waals surface area (Å²) in [5, 5.41) is 5.97. The van der Waals surface area contributed by atoms with E-state index in [1.54, 1.807) is 0 Å². The normalized spacial score (nSPS) is 29.8. The first-order valence-electron chi connectivity index (χ1n) is 4.21. The van der Waals surface area contributed by atoms with E-state index in [0.717, 1.165) is 19.7 Å². The van der Waals surface area contributed by atoms with Crippen molar-refractivity contribution in [1.29, 1.82) is 0 Å². The van der Waals surface area contributed by atoms with Gasteiger partial charge in [0, 0.05) is 26.6 Å². The van der Waals surface area contributed by atoms with Crippen LogP contribution in [-0.4, -0.2) is 37.7 Å². The van der Waals surface area contributed by atoms with Gasteiger partial charge in [0.1, 0.15) is 0 Å². The summed E-state index contributed by atoms with van der Waals surface area (Å²) in [5.74, 6) is -0.00889. The van der Waals surface area contributed by atoms with Crippen molar-refractivity contribution in [2.24, 2.45) is 0 Å². The lowest BCUT2D eigenvalue weighted by molar-refractivity contribution is -0.121. The topological polar surface area (TPSA) is 50.4 Å². The highest BCUT2D eigenvalue weighted by Gasteiger charge is 2.27. The lowest BCUT2D eigenvalue weighted by Gasteiger charge is -2.34. The van der Waals surface area contributed by atoms with E-state index in [1.165, 1.54) is 6.92 Å². The summed E-state index contributed by atoms with van der Waals surface area (Å²) in [4.78, 5) is 10.6. The molecule has 1 aliphatic rings. The molecule has 1 rings (SSSR count). The van der Waals surface area contributed by atoms with Crippen LogP contribution in [0.3, 0.4) is 0 Å². The molecule has 1 saturated heterocycles. The molecule has 12 heavy (non-hydrogen) atoms. The van der Waals surface area contributed by atoms with Crippen LogP contribution in [0, 0.1) is 0 Å². The standard InChI is InChI=1S/C8H16N2O2/c1-7(11)10-6-8(2)5-9-3-4-12-8/h9H,3-6H2,1-2H3,(H,10,11). The highest BCUT2D eigenvalue weighted by atomic mass is 16.5. The second kappa shape index (κ2) is 3.87. The van der Waals surface area contributed by atoms with E-state index < -0.39 is 0 Å². The first-order valence-corrected chi connectivity index (χ1v) is 4.21. The molecule has 0 radical (unpaired) electrons. The number of amides is 1. The number of hydrogen-bond donors (Lipinski definition) is 2. The number of hydrogen-bond acceptors (Lipinski definition) is 3. The molecule has 4 heteroatoms. The van der Waals surface area contributed by atoms with Crippen LogP contribution in [0.1, 0.15) is 13.8 Å². The molecule has 0 saturated carbocycles. The largest absolute Gasteiger partial charge is 0.371 e. The van der Waals surface area contributed by atoms with Gasteiger partial charge in [-0.05, 0) is 6.92 Å². The van der Waals surface area contributed by atoms with Crippen molar-refractivity contribution < 1.29 is 9.53 Å². The minimum atomic E-state index is -0.232. The van der Waals surface area contributed by atoms with E-state index in [9.17, 15) is 4.79 Å². The van der Waals surface area contributed by atoms with Crippen molar-refractivity contribution in [1.82, 2.24) is 10.6 Å². The number of rotatable bonds is 2. The summed E-state index contributed by atoms with van der Waals surface area (Å²) in [7, 11) is 0. The quantitative estimate of drug-likeness (QED) is 0.590. The molecule has 1 amide bonds. The van der Waals surface area contributed by atoms with Crippen molar-refractivity contribution in [3.8, 4) is 0 Å². The summed E-state index contributed by atoms with van der Waals surface area (Å²) in [5.41, 5.74) is -0.232. The first-order chi connectivity index (χ1) is 5.62. The Bertz CT molecular complexity index is 164. The van der Waals surface area contributed by atoms with Gasteiger partial charge >= 0.3 is 0 Å². The third-order valence-corrected chi connectivity index (χ3v) is 1.94. The molecule has 0 aromatic heterocycles. The maximum Gasteiger partial charge on any atom is 0.216 e. The zero-order valence-electron chi connectivity index (χ0n) is 7.64. The second-order valence-corrected chi connectivity index (χ2v) is 3.38. The van der Waals surface area contributed by atoms with Crippen molar-refractivity contribution in [3.63, 3.8) is 0 Å². The van der Waals surface area contributed by atoms with E-state index in [1.807, 2.05) is 6.92 Å². The van der Waals surface area contributed by atoms with Gasteiger partial charge in [-0.1, -0.05) is 0 Å². The highest BCUT2D eigenvalue weighted by molar-refractivity contribution is 5.72. The number of nitrogens with one attached hydrogen (secondary N) is 2. The summed E-state index contributed by atoms with van der Waals surface area (Å²) in [6.07, 6.45) is 0. The van der Waals surface area contributed by atoms with Crippen LogP contribution in [0.4, 0.5) is 0 Å². The molecule has 0 spiro atoms. The zero-order valence-corrected chi connectivity index (χ0v) is 7.64. The lowest BCUT2D eigenvalue weighted by Crippen LogP contribution is -2.53. The molecule has 2 N–H and O–H groups in total. The van der Waals surface area contributed by atoms with Gasteiger partial charge in [0.05, 0.1) is 12.2 Å². The highest BCUT2D eigenvalue weighted by Crippen LogP contribution is 2.10. The Hall–Kier alpha value is -0.610. The maximum atomic E-state index is 10.6. The summed E-state index contributed by atoms with van der Waals surface area (Å²) in [6.45, 7) is 6.50. The van der Waals surface area contributed by atoms with E-state index in [4.69, 9.17) is 4.74 Å². The van der Waals surface area contributed by atoms with E-state index in [-0.39, 0.29) is 11.5 Å². The Morgan fingerprint density at radius 3 is 3.00 bits per heavy atom. The van der Waals surface area contributed by atoms with Gasteiger partial charge < -0.3 is 15.4 Å². The van der Waals surface area contributed by atoms with Crippen LogP contribution in [-0.2, 0) is 9.53 Å². The average Bonchev–Trinajstić information content (AvgIpc) is 2.03. The van der Waals surface area contributed by atoms with Crippen LogP contribution in [0.5, 0.6) is 0 Å². The molecule has 1 unspecified atom stereocenters. The van der Waals surface area contributed by atoms with E-state index in [0.29, 0.717) is 6.54 Å². The molecule has 0 aliphatic carbocycles. The van der Waals surface area contributed by atoms with Crippen LogP contribution in [0.15, 0.2) is 0 Å². The van der Waals surface area contributed by atoms with Crippen LogP contribution < -0.4 is 10.6 Å². The lowest BCUT2D eigenvalue weighted by atomic mass is 10.1. The van der Waals surface area contributed by atoms with Gasteiger partial charge in [-0.15, -0.1) is 0 Å². The summed E-state index contributed by atoms with van der Waals surface area (Å²) < 4.78 is 5.54. The van der Waals surface area contributed by atoms with Crippen molar-refractivity contribution in [3.05, 3.63) is 0 Å². The van der Waals surface area contributed by atoms with Gasteiger partial charge in [0.2, 0.25) is 5.91 Å². The number of carbonyl (C=O) groups is 1. The van der Waals surface area contributed by atoms with Crippen LogP contribution in [0.25, 0.3) is 0 Å². The smallest absolute Gasteiger partial charge is 0.216 e. The van der Waals surface area contributed by atoms with Crippen molar-refractivity contribution >= 4 is 5.91 Å². The molecule has 0 aromatic rings. The Labute approximate surface area is 72.7 Å². The maximum absolute atomic E-state index is 10.6. The number of ether oxygens (including phenoxy) is 1. The fourth-order valence-corrected chi connectivity index (χ4v) is 1.20. The van der Waals surface area contributed by atoms with Gasteiger partial charge in [0.25, 0.3) is 0 Å². The first kappa shape index (κ1) is 9.48. The molecule has 4 nitrogen and oxygen atoms in total. The fraction of sp³-hybridized carbons (Fsp3) is 0.875. The Morgan fingerprint density at radius 1 is 1.75 bits per heavy atom. The SMILES string of the molecule is CC(=O)NCC1(C)CNCCO1. The summed E-state index contributed by atoms with van der Waals surface area (Å²) >= 11 is 0. The van der Waals surface area contributed by atoms with Crippen LogP contribution in [0.2, 0.25) is 0 Å². The molecular formula is C8H16N2O2. The van der Waals surface area contributed by atoms with Crippen molar-refractivity contribution in [2.75, 3.05) is 26.2 Å². The number of carbonyl (C=O) groups excluding carboxylic acids is 1. The third kappa shape index (κ3) is 2.79. The molecule has 1 aliphatic heterocycles. The minimum Gasteiger partial charge on any atom is -0.371 e. The van der Waals surface area contributed by atoms with Gasteiger partial charge in [-0.2, -0.15) is 0 Å². The van der Waals surface area contributed by atoms with E-state index in [2.05, 4.69) is 10.6 Å². The molecule has 1 heterocycles. The van der Waals surface area contributed by atoms with Gasteiger partial charge in [0.15, 0.2) is 0 Å². The average molecular weight is 172 g/mol. The third-order valence-electron chi connectivity index (χ3n) is 1.94. The summed E-state index contributed by atoms with van der Waals surface area (Å²) in [6, 6.07) is 0. The number of morpholine rings is 1. The monoisotopic (exact) mass is 172 g/mol. The fourth-order valence-electron chi connectivity index (χ4n) is 1.20. The van der Waals surface area contributed by atoms with E-state index >= 15 is 0 Å². The molecule has 70 valence electrons. The predicted octanol–water partition coefficient (Wildman–Crippen LogP) is -0.499. The Morgan fingerprint density at radius 2 is 2.50 bits per heavy atom. The molecule has 1 fully saturated rings. The van der Waals surface area contributed by atoms with Gasteiger partial charge in [-0.25, -0.2) is 0 Å². The zero-order chi connectivity index (χ0) is 9.03. The predicted molar refractivity (Wildman–Crippen MR) is 45.9 cm³/mol. The molecular weight excluding hydrogens is 156 g/mol. The van der Waals surface area contributed by atoms with Crippen LogP contribution >= 0.6 is 0 Å². The Balaban J connectivity index is 2.31. The molecule has 1 atom stereocenters. The minimum absolute atomic E-state index is 0.00889. The molecule has 0 aromatic carbocycles. The Kier molecular flexibility index (Phi) is 3.05. The van der Waals surface area contributed by atoms with Gasteiger partial charge in [-0.3, -0.25) is 4.79 Å².